The van der Waals surface area contributed by atoms with Gasteiger partial charge in [0.15, 0.2) is 16.8 Å². The molecule has 0 spiro atoms. The molecular weight excluding hydrogens is 372 g/mol. The van der Waals surface area contributed by atoms with Crippen molar-refractivity contribution in [2.45, 2.75) is 11.9 Å². The second-order valence-electron chi connectivity index (χ2n) is 5.46. The van der Waals surface area contributed by atoms with Crippen LogP contribution >= 0.6 is 0 Å². The van der Waals surface area contributed by atoms with E-state index in [0.29, 0.717) is 16.8 Å². The quantitative estimate of drug-likeness (QED) is 0.535. The van der Waals surface area contributed by atoms with Crippen LogP contribution in [0, 0.1) is 5.82 Å². The Balaban J connectivity index is 2.08. The molecule has 0 radical (unpaired) electrons. The third-order valence-corrected chi connectivity index (χ3v) is 4.19. The average Bonchev–Trinajstić information content (AvgIpc) is 3.01. The summed E-state index contributed by atoms with van der Waals surface area (Å²) in [5.74, 6) is -0.588. The Morgan fingerprint density at radius 1 is 1.04 bits per heavy atom. The van der Waals surface area contributed by atoms with Crippen LogP contribution in [-0.2, 0) is 23.0 Å². The van der Waals surface area contributed by atoms with Crippen LogP contribution in [0.4, 0.5) is 17.6 Å². The van der Waals surface area contributed by atoms with Crippen LogP contribution < -0.4 is 0 Å². The molecule has 3 rings (SSSR count). The fraction of sp³-hybridized carbons (Fsp3) is 0.118. The molecule has 0 fully saturated rings. The number of halogens is 4. The van der Waals surface area contributed by atoms with Crippen LogP contribution in [0.1, 0.15) is 11.3 Å². The standard InChI is InChI=1S/C17H12F4N2O2S/c18-13-5-3-12(4-6-13)15-9-16(17(19,20)21)22-23(15)14-7-1-11(2-8-14)10-26(24)25/h1-9H,10H2,(H,24,25). The van der Waals surface area contributed by atoms with Gasteiger partial charge >= 0.3 is 6.18 Å². The van der Waals surface area contributed by atoms with Gasteiger partial charge in [-0.05, 0) is 48.0 Å². The molecule has 0 aliphatic carbocycles. The predicted octanol–water partition coefficient (Wildman–Crippen LogP) is 4.42. The van der Waals surface area contributed by atoms with Crippen molar-refractivity contribution in [3.8, 4) is 16.9 Å². The van der Waals surface area contributed by atoms with Gasteiger partial charge in [0.25, 0.3) is 0 Å². The zero-order chi connectivity index (χ0) is 18.9. The Kier molecular flexibility index (Phi) is 4.92. The highest BCUT2D eigenvalue weighted by atomic mass is 32.2. The highest BCUT2D eigenvalue weighted by Gasteiger charge is 2.35. The predicted molar refractivity (Wildman–Crippen MR) is 88.4 cm³/mol. The van der Waals surface area contributed by atoms with Gasteiger partial charge in [-0.2, -0.15) is 18.3 Å². The maximum Gasteiger partial charge on any atom is 0.435 e. The highest BCUT2D eigenvalue weighted by molar-refractivity contribution is 7.78. The number of benzene rings is 2. The smallest absolute Gasteiger partial charge is 0.306 e. The van der Waals surface area contributed by atoms with E-state index in [2.05, 4.69) is 5.10 Å². The summed E-state index contributed by atoms with van der Waals surface area (Å²) in [7, 11) is 0. The number of hydrogen-bond donors (Lipinski definition) is 1. The largest absolute Gasteiger partial charge is 0.435 e. The molecule has 0 amide bonds. The summed E-state index contributed by atoms with van der Waals surface area (Å²) >= 11 is -2.02. The minimum atomic E-state index is -4.63. The van der Waals surface area contributed by atoms with Gasteiger partial charge in [-0.1, -0.05) is 12.1 Å². The fourth-order valence-electron chi connectivity index (χ4n) is 2.42. The van der Waals surface area contributed by atoms with E-state index < -0.39 is 28.8 Å². The van der Waals surface area contributed by atoms with Crippen LogP contribution in [-0.4, -0.2) is 18.5 Å². The van der Waals surface area contributed by atoms with E-state index in [1.165, 1.54) is 36.4 Å². The van der Waals surface area contributed by atoms with Crippen LogP contribution in [0.5, 0.6) is 0 Å². The minimum absolute atomic E-state index is 0.0853. The molecule has 0 aliphatic rings. The Hall–Kier alpha value is -2.52. The molecule has 3 aromatic rings. The van der Waals surface area contributed by atoms with Crippen LogP contribution in [0.3, 0.4) is 0 Å². The second kappa shape index (κ2) is 7.00. The number of nitrogens with zero attached hydrogens (tertiary/aromatic N) is 2. The molecule has 0 saturated heterocycles. The first kappa shape index (κ1) is 18.3. The molecule has 136 valence electrons. The van der Waals surface area contributed by atoms with E-state index in [1.54, 1.807) is 0 Å². The maximum atomic E-state index is 13.1. The van der Waals surface area contributed by atoms with Crippen LogP contribution in [0.25, 0.3) is 16.9 Å². The molecule has 0 bridgehead atoms. The summed E-state index contributed by atoms with van der Waals surface area (Å²) in [6.45, 7) is 0. The monoisotopic (exact) mass is 384 g/mol. The van der Waals surface area contributed by atoms with Gasteiger partial charge in [0.2, 0.25) is 0 Å². The number of hydrogen-bond acceptors (Lipinski definition) is 2. The number of alkyl halides is 3. The van der Waals surface area contributed by atoms with Crippen molar-refractivity contribution in [1.29, 1.82) is 0 Å². The van der Waals surface area contributed by atoms with Gasteiger partial charge in [-0.15, -0.1) is 0 Å². The first-order chi connectivity index (χ1) is 12.2. The first-order valence-electron chi connectivity index (χ1n) is 7.34. The number of rotatable bonds is 4. The van der Waals surface area contributed by atoms with Gasteiger partial charge in [-0.3, -0.25) is 0 Å². The third-order valence-electron chi connectivity index (χ3n) is 3.61. The van der Waals surface area contributed by atoms with E-state index in [4.69, 9.17) is 4.55 Å². The lowest BCUT2D eigenvalue weighted by molar-refractivity contribution is -0.141. The minimum Gasteiger partial charge on any atom is -0.306 e. The molecule has 0 aliphatic heterocycles. The van der Waals surface area contributed by atoms with Gasteiger partial charge in [0, 0.05) is 5.56 Å². The summed E-state index contributed by atoms with van der Waals surface area (Å²) in [5, 5.41) is 3.63. The highest BCUT2D eigenvalue weighted by Crippen LogP contribution is 2.33. The van der Waals surface area contributed by atoms with E-state index in [1.807, 2.05) is 0 Å². The summed E-state index contributed by atoms with van der Waals surface area (Å²) in [5.41, 5.74) is 0.344. The van der Waals surface area contributed by atoms with Crippen LogP contribution in [0.15, 0.2) is 54.6 Å². The zero-order valence-electron chi connectivity index (χ0n) is 13.1. The van der Waals surface area contributed by atoms with Gasteiger partial charge in [0.1, 0.15) is 5.82 Å². The Morgan fingerprint density at radius 2 is 1.65 bits per heavy atom. The fourth-order valence-corrected chi connectivity index (χ4v) is 2.90. The molecular formula is C17H12F4N2O2S. The lowest BCUT2D eigenvalue weighted by Gasteiger charge is -2.08. The molecule has 4 nitrogen and oxygen atoms in total. The van der Waals surface area contributed by atoms with Crippen molar-refractivity contribution in [2.75, 3.05) is 0 Å². The van der Waals surface area contributed by atoms with E-state index in [9.17, 15) is 21.8 Å². The third kappa shape index (κ3) is 4.00. The van der Waals surface area contributed by atoms with Crippen LogP contribution in [0.2, 0.25) is 0 Å². The normalized spacial score (nSPS) is 13.0. The molecule has 26 heavy (non-hydrogen) atoms. The Morgan fingerprint density at radius 3 is 2.19 bits per heavy atom. The Labute approximate surface area is 148 Å². The van der Waals surface area contributed by atoms with Gasteiger partial charge in [0.05, 0.1) is 17.1 Å². The van der Waals surface area contributed by atoms with Crippen molar-refractivity contribution < 1.29 is 26.3 Å². The van der Waals surface area contributed by atoms with E-state index >= 15 is 0 Å². The van der Waals surface area contributed by atoms with Gasteiger partial charge < -0.3 is 4.55 Å². The molecule has 9 heteroatoms. The van der Waals surface area contributed by atoms with E-state index in [-0.39, 0.29) is 11.4 Å². The SMILES string of the molecule is O=S(O)Cc1ccc(-n2nc(C(F)(F)F)cc2-c2ccc(F)cc2)cc1. The molecule has 1 aromatic heterocycles. The molecule has 1 unspecified atom stereocenters. The topological polar surface area (TPSA) is 55.1 Å². The summed E-state index contributed by atoms with van der Waals surface area (Å²) in [4.78, 5) is 0. The second-order valence-corrected chi connectivity index (χ2v) is 6.40. The molecule has 0 saturated carbocycles. The van der Waals surface area contributed by atoms with Crippen molar-refractivity contribution in [3.05, 3.63) is 71.7 Å². The van der Waals surface area contributed by atoms with Gasteiger partial charge in [-0.25, -0.2) is 13.3 Å². The Bertz CT molecular complexity index is 935. The van der Waals surface area contributed by atoms with E-state index in [0.717, 1.165) is 22.9 Å². The molecule has 2 aromatic carbocycles. The van der Waals surface area contributed by atoms with Crippen molar-refractivity contribution in [3.63, 3.8) is 0 Å². The maximum absolute atomic E-state index is 13.1. The average molecular weight is 384 g/mol. The summed E-state index contributed by atoms with van der Waals surface area (Å²) in [6.07, 6.45) is -4.63. The number of aromatic nitrogens is 2. The first-order valence-corrected chi connectivity index (χ1v) is 8.61. The lowest BCUT2D eigenvalue weighted by atomic mass is 10.1. The summed E-state index contributed by atoms with van der Waals surface area (Å²) in [6, 6.07) is 12.0. The zero-order valence-corrected chi connectivity index (χ0v) is 13.9. The molecule has 1 heterocycles. The lowest BCUT2D eigenvalue weighted by Crippen LogP contribution is -2.07. The van der Waals surface area contributed by atoms with Crippen molar-refractivity contribution in [2.24, 2.45) is 0 Å². The van der Waals surface area contributed by atoms with Crippen molar-refractivity contribution in [1.82, 2.24) is 9.78 Å². The molecule has 1 N–H and O–H groups in total. The summed E-state index contributed by atoms with van der Waals surface area (Å²) < 4.78 is 73.2. The van der Waals surface area contributed by atoms with Crippen molar-refractivity contribution >= 4 is 11.1 Å². The molecule has 1 atom stereocenters.